The van der Waals surface area contributed by atoms with Crippen LogP contribution >= 0.6 is 0 Å². The summed E-state index contributed by atoms with van der Waals surface area (Å²) in [6.07, 6.45) is 2.23. The molecule has 1 aromatic heterocycles. The first-order valence-corrected chi connectivity index (χ1v) is 9.69. The number of nitrogens with zero attached hydrogens (tertiary/aromatic N) is 3. The maximum atomic E-state index is 12.8. The number of carbonyl (C=O) groups is 1. The normalized spacial score (nSPS) is 13.8. The van der Waals surface area contributed by atoms with E-state index in [1.165, 1.54) is 10.2 Å². The highest BCUT2D eigenvalue weighted by atomic mass is 16.2. The summed E-state index contributed by atoms with van der Waals surface area (Å²) in [6, 6.07) is 15.5. The highest BCUT2D eigenvalue weighted by Crippen LogP contribution is 2.25. The van der Waals surface area contributed by atoms with E-state index in [4.69, 9.17) is 0 Å². The van der Waals surface area contributed by atoms with Gasteiger partial charge in [-0.15, -0.1) is 0 Å². The van der Waals surface area contributed by atoms with Gasteiger partial charge in [-0.3, -0.25) is 9.59 Å². The van der Waals surface area contributed by atoms with Crippen LogP contribution in [0.3, 0.4) is 0 Å². The lowest BCUT2D eigenvalue weighted by Crippen LogP contribution is -2.35. The number of benzene rings is 2. The standard InChI is InChI=1S/C22H24N4O2/c1-16-8-10-17(11-9-16)14-23-20(27)15-26-22(28)19-7-3-2-6-18(19)21(24-26)25-12-4-5-13-25/h2-3,6-11H,4-5,12-15H2,1H3,(H,23,27). The Bertz CT molecular complexity index is 1050. The highest BCUT2D eigenvalue weighted by Gasteiger charge is 2.19. The highest BCUT2D eigenvalue weighted by molar-refractivity contribution is 5.91. The van der Waals surface area contributed by atoms with E-state index in [9.17, 15) is 9.59 Å². The van der Waals surface area contributed by atoms with E-state index in [1.807, 2.05) is 49.4 Å². The van der Waals surface area contributed by atoms with Crippen molar-refractivity contribution in [2.75, 3.05) is 18.0 Å². The van der Waals surface area contributed by atoms with Crippen molar-refractivity contribution in [1.29, 1.82) is 0 Å². The number of hydrogen-bond donors (Lipinski definition) is 1. The molecule has 1 fully saturated rings. The van der Waals surface area contributed by atoms with Crippen LogP contribution < -0.4 is 15.8 Å². The van der Waals surface area contributed by atoms with Gasteiger partial charge in [0.1, 0.15) is 6.54 Å². The Kier molecular flexibility index (Phi) is 5.10. The van der Waals surface area contributed by atoms with E-state index in [1.54, 1.807) is 6.07 Å². The number of amides is 1. The zero-order valence-electron chi connectivity index (χ0n) is 16.0. The van der Waals surface area contributed by atoms with Crippen LogP contribution in [0, 0.1) is 6.92 Å². The van der Waals surface area contributed by atoms with Crippen LogP contribution in [0.4, 0.5) is 5.82 Å². The fourth-order valence-electron chi connectivity index (χ4n) is 3.59. The molecule has 1 aliphatic rings. The zero-order chi connectivity index (χ0) is 19.5. The molecule has 0 bridgehead atoms. The molecule has 1 amide bonds. The third-order valence-electron chi connectivity index (χ3n) is 5.16. The minimum Gasteiger partial charge on any atom is -0.355 e. The van der Waals surface area contributed by atoms with Crippen LogP contribution in [0.25, 0.3) is 10.8 Å². The van der Waals surface area contributed by atoms with Gasteiger partial charge in [0.05, 0.1) is 5.39 Å². The topological polar surface area (TPSA) is 67.2 Å². The number of carbonyl (C=O) groups excluding carboxylic acids is 1. The molecule has 0 radical (unpaired) electrons. The second-order valence-corrected chi connectivity index (χ2v) is 7.29. The molecule has 2 heterocycles. The van der Waals surface area contributed by atoms with Crippen LogP contribution in [-0.4, -0.2) is 28.8 Å². The smallest absolute Gasteiger partial charge is 0.275 e. The summed E-state index contributed by atoms with van der Waals surface area (Å²) in [5, 5.41) is 8.89. The lowest BCUT2D eigenvalue weighted by molar-refractivity contribution is -0.122. The lowest BCUT2D eigenvalue weighted by Gasteiger charge is -2.19. The Morgan fingerprint density at radius 2 is 1.71 bits per heavy atom. The molecule has 4 rings (SSSR count). The van der Waals surface area contributed by atoms with Gasteiger partial charge in [-0.1, -0.05) is 48.0 Å². The average molecular weight is 376 g/mol. The van der Waals surface area contributed by atoms with E-state index < -0.39 is 0 Å². The van der Waals surface area contributed by atoms with Crippen LogP contribution in [0.1, 0.15) is 24.0 Å². The third-order valence-corrected chi connectivity index (χ3v) is 5.16. The van der Waals surface area contributed by atoms with Gasteiger partial charge < -0.3 is 10.2 Å². The maximum Gasteiger partial charge on any atom is 0.275 e. The molecule has 0 unspecified atom stereocenters. The molecule has 28 heavy (non-hydrogen) atoms. The van der Waals surface area contributed by atoms with Crippen molar-refractivity contribution in [1.82, 2.24) is 15.1 Å². The quantitative estimate of drug-likeness (QED) is 0.743. The van der Waals surface area contributed by atoms with Crippen LogP contribution in [-0.2, 0) is 17.9 Å². The second kappa shape index (κ2) is 7.84. The van der Waals surface area contributed by atoms with Gasteiger partial charge in [-0.05, 0) is 31.4 Å². The van der Waals surface area contributed by atoms with Gasteiger partial charge >= 0.3 is 0 Å². The summed E-state index contributed by atoms with van der Waals surface area (Å²) in [7, 11) is 0. The molecular formula is C22H24N4O2. The first-order chi connectivity index (χ1) is 13.6. The van der Waals surface area contributed by atoms with E-state index in [0.717, 1.165) is 42.7 Å². The van der Waals surface area contributed by atoms with Gasteiger partial charge in [0.2, 0.25) is 5.91 Å². The average Bonchev–Trinajstić information content (AvgIpc) is 3.24. The van der Waals surface area contributed by atoms with Crippen LogP contribution in [0.5, 0.6) is 0 Å². The zero-order valence-corrected chi connectivity index (χ0v) is 16.0. The van der Waals surface area contributed by atoms with Crippen molar-refractivity contribution in [3.63, 3.8) is 0 Å². The summed E-state index contributed by atoms with van der Waals surface area (Å²) < 4.78 is 1.29. The Morgan fingerprint density at radius 3 is 2.43 bits per heavy atom. The molecule has 0 atom stereocenters. The largest absolute Gasteiger partial charge is 0.355 e. The lowest BCUT2D eigenvalue weighted by atomic mass is 10.1. The molecule has 0 aliphatic carbocycles. The fraction of sp³-hybridized carbons (Fsp3) is 0.318. The summed E-state index contributed by atoms with van der Waals surface area (Å²) in [6.45, 7) is 4.22. The predicted octanol–water partition coefficient (Wildman–Crippen LogP) is 2.62. The SMILES string of the molecule is Cc1ccc(CNC(=O)Cn2nc(N3CCCC3)c3ccccc3c2=O)cc1. The molecule has 3 aromatic rings. The van der Waals surface area contributed by atoms with Gasteiger partial charge in [-0.25, -0.2) is 4.68 Å². The number of nitrogens with one attached hydrogen (secondary N) is 1. The third kappa shape index (κ3) is 3.76. The van der Waals surface area contributed by atoms with Crippen molar-refractivity contribution < 1.29 is 4.79 Å². The van der Waals surface area contributed by atoms with E-state index in [0.29, 0.717) is 11.9 Å². The van der Waals surface area contributed by atoms with Crippen molar-refractivity contribution >= 4 is 22.5 Å². The number of aromatic nitrogens is 2. The fourth-order valence-corrected chi connectivity index (χ4v) is 3.59. The molecule has 0 saturated carbocycles. The molecule has 144 valence electrons. The van der Waals surface area contributed by atoms with Crippen LogP contribution in [0.2, 0.25) is 0 Å². The van der Waals surface area contributed by atoms with E-state index >= 15 is 0 Å². The molecule has 2 aromatic carbocycles. The summed E-state index contributed by atoms with van der Waals surface area (Å²) in [4.78, 5) is 27.5. The number of aryl methyl sites for hydroxylation is 1. The van der Waals surface area contributed by atoms with E-state index in [-0.39, 0.29) is 18.0 Å². The monoisotopic (exact) mass is 376 g/mol. The Morgan fingerprint density at radius 1 is 1.04 bits per heavy atom. The summed E-state index contributed by atoms with van der Waals surface area (Å²) >= 11 is 0. The van der Waals surface area contributed by atoms with Crippen molar-refractivity contribution in [2.24, 2.45) is 0 Å². The van der Waals surface area contributed by atoms with E-state index in [2.05, 4.69) is 15.3 Å². The van der Waals surface area contributed by atoms with Gasteiger partial charge in [0.15, 0.2) is 5.82 Å². The Hall–Kier alpha value is -3.15. The number of hydrogen-bond acceptors (Lipinski definition) is 4. The summed E-state index contributed by atoms with van der Waals surface area (Å²) in [5.41, 5.74) is 1.97. The van der Waals surface area contributed by atoms with Crippen molar-refractivity contribution in [3.05, 3.63) is 70.0 Å². The molecule has 6 heteroatoms. The second-order valence-electron chi connectivity index (χ2n) is 7.29. The van der Waals surface area contributed by atoms with Gasteiger partial charge in [0.25, 0.3) is 5.56 Å². The van der Waals surface area contributed by atoms with Gasteiger partial charge in [0, 0.05) is 25.0 Å². The first-order valence-electron chi connectivity index (χ1n) is 9.69. The summed E-state index contributed by atoms with van der Waals surface area (Å²) in [5.74, 6) is 0.567. The molecule has 6 nitrogen and oxygen atoms in total. The van der Waals surface area contributed by atoms with Crippen LogP contribution in [0.15, 0.2) is 53.3 Å². The predicted molar refractivity (Wildman–Crippen MR) is 110 cm³/mol. The molecule has 1 saturated heterocycles. The Balaban J connectivity index is 1.57. The number of anilines is 1. The molecule has 1 N–H and O–H groups in total. The maximum absolute atomic E-state index is 12.8. The van der Waals surface area contributed by atoms with Gasteiger partial charge in [-0.2, -0.15) is 5.10 Å². The minimum absolute atomic E-state index is 0.0869. The minimum atomic E-state index is -0.232. The number of rotatable bonds is 5. The van der Waals surface area contributed by atoms with Crippen molar-refractivity contribution in [3.8, 4) is 0 Å². The number of fused-ring (bicyclic) bond motifs is 1. The Labute approximate surface area is 163 Å². The first kappa shape index (κ1) is 18.2. The molecule has 1 aliphatic heterocycles. The molecular weight excluding hydrogens is 352 g/mol. The molecule has 0 spiro atoms. The van der Waals surface area contributed by atoms with Crippen molar-refractivity contribution in [2.45, 2.75) is 32.9 Å².